The third-order valence-electron chi connectivity index (χ3n) is 14.6. The van der Waals surface area contributed by atoms with Gasteiger partial charge in [0.15, 0.2) is 6.10 Å². The van der Waals surface area contributed by atoms with Gasteiger partial charge in [0.1, 0.15) is 11.2 Å². The molecular formula is C45H54N4O8. The smallest absolute Gasteiger partial charge is 0.344 e. The van der Waals surface area contributed by atoms with E-state index in [1.165, 1.54) is 26.7 Å². The first-order chi connectivity index (χ1) is 27.4. The number of fused-ring (bicyclic) bond motifs is 6. The highest BCUT2D eigenvalue weighted by Gasteiger charge is 2.77. The predicted molar refractivity (Wildman–Crippen MR) is 214 cm³/mol. The Morgan fingerprint density at radius 1 is 1.00 bits per heavy atom. The number of carbonyl (C=O) groups is 3. The number of rotatable bonds is 7. The fourth-order valence-corrected chi connectivity index (χ4v) is 12.6. The minimum atomic E-state index is -2.25. The summed E-state index contributed by atoms with van der Waals surface area (Å²) in [6.45, 7) is 9.28. The Morgan fingerprint density at radius 3 is 2.47 bits per heavy atom. The summed E-state index contributed by atoms with van der Waals surface area (Å²) < 4.78 is 23.8. The van der Waals surface area contributed by atoms with Gasteiger partial charge in [-0.3, -0.25) is 19.4 Å². The zero-order valence-electron chi connectivity index (χ0n) is 34.0. The summed E-state index contributed by atoms with van der Waals surface area (Å²) in [5.74, 6) is -1.78. The molecule has 1 saturated heterocycles. The van der Waals surface area contributed by atoms with Crippen molar-refractivity contribution < 1.29 is 38.4 Å². The number of anilines is 1. The third kappa shape index (κ3) is 4.99. The molecule has 6 heterocycles. The maximum absolute atomic E-state index is 15.2. The molecule has 3 aromatic rings. The van der Waals surface area contributed by atoms with E-state index in [9.17, 15) is 14.7 Å². The Balaban J connectivity index is 1.36. The maximum Gasteiger partial charge on any atom is 0.344 e. The van der Waals surface area contributed by atoms with E-state index in [4.69, 9.17) is 18.9 Å². The summed E-state index contributed by atoms with van der Waals surface area (Å²) in [6.07, 6.45) is 5.94. The SMILES string of the molecule is CCC1=CC2CN(C1)Cc1c([nH]c3ccccc13)[C@](C(=O)OC)(c1cc3c(cc1OC)N(C)[C@H]1[C@@](O)(C(=O)OC)[C@H](OC(C)=O)C4C(CC)=CCN5CC[C@]31[C@@H]45)C2. The van der Waals surface area contributed by atoms with Crippen molar-refractivity contribution in [1.82, 2.24) is 14.8 Å². The number of aromatic nitrogens is 1. The van der Waals surface area contributed by atoms with Crippen molar-refractivity contribution in [3.05, 3.63) is 82.1 Å². The average Bonchev–Trinajstić information content (AvgIpc) is 3.86. The summed E-state index contributed by atoms with van der Waals surface area (Å²) in [6, 6.07) is 11.2. The van der Waals surface area contributed by atoms with Crippen molar-refractivity contribution in [3.63, 3.8) is 0 Å². The van der Waals surface area contributed by atoms with Crippen LogP contribution in [0, 0.1) is 11.8 Å². The lowest BCUT2D eigenvalue weighted by Gasteiger charge is -2.59. The average molecular weight is 779 g/mol. The molecule has 1 saturated carbocycles. The van der Waals surface area contributed by atoms with Gasteiger partial charge in [0.05, 0.1) is 27.4 Å². The number of nitrogens with zero attached hydrogens (tertiary/aromatic N) is 3. The summed E-state index contributed by atoms with van der Waals surface area (Å²) in [4.78, 5) is 53.0. The fraction of sp³-hybridized carbons (Fsp3) is 0.533. The number of ether oxygens (including phenoxy) is 4. The monoisotopic (exact) mass is 778 g/mol. The second-order valence-corrected chi connectivity index (χ2v) is 17.1. The standard InChI is InChI=1S/C45H54N4O8/c1-8-26-18-27-21-44(41(51)55-6,37-30(24-48(22-26)23-27)29-12-10-11-13-33(29)46-37)32-19-31-34(20-35(32)54-5)47(4)40-43(31)15-17-49-16-14-28(9-2)36(38(43)49)39(57-25(3)50)45(40,53)42(52)56-7/h10-14,18-20,27,36,38-40,46,53H,8-9,15-17,21-24H2,1-7H3/t27?,36?,38-,39-,40-,43-,44-,45-/m1/s1. The Bertz CT molecular complexity index is 2250. The molecule has 1 spiro atoms. The number of aliphatic hydroxyl groups is 1. The second kappa shape index (κ2) is 13.5. The normalized spacial score (nSPS) is 33.8. The largest absolute Gasteiger partial charge is 0.496 e. The van der Waals surface area contributed by atoms with Gasteiger partial charge in [0, 0.05) is 91.4 Å². The van der Waals surface area contributed by atoms with E-state index < -0.39 is 46.4 Å². The van der Waals surface area contributed by atoms with Crippen LogP contribution < -0.4 is 9.64 Å². The van der Waals surface area contributed by atoms with Crippen LogP contribution in [0.4, 0.5) is 5.69 Å². The molecule has 3 unspecified atom stereocenters. The number of hydrogen-bond acceptors (Lipinski definition) is 11. The molecule has 57 heavy (non-hydrogen) atoms. The first kappa shape index (κ1) is 37.9. The Kier molecular flexibility index (Phi) is 8.95. The summed E-state index contributed by atoms with van der Waals surface area (Å²) in [5.41, 5.74) is 3.13. The van der Waals surface area contributed by atoms with Gasteiger partial charge in [-0.2, -0.15) is 0 Å². The van der Waals surface area contributed by atoms with E-state index in [1.807, 2.05) is 30.1 Å². The molecule has 2 N–H and O–H groups in total. The highest BCUT2D eigenvalue weighted by Crippen LogP contribution is 2.65. The number of carbonyl (C=O) groups excluding carboxylic acids is 3. The molecule has 6 aliphatic rings. The number of nitrogens with one attached hydrogen (secondary N) is 1. The van der Waals surface area contributed by atoms with Crippen molar-refractivity contribution in [1.29, 1.82) is 0 Å². The predicted octanol–water partition coefficient (Wildman–Crippen LogP) is 4.75. The van der Waals surface area contributed by atoms with E-state index in [-0.39, 0.29) is 17.9 Å². The molecule has 0 amide bonds. The van der Waals surface area contributed by atoms with Crippen LogP contribution in [-0.4, -0.2) is 116 Å². The van der Waals surface area contributed by atoms with Crippen LogP contribution >= 0.6 is 0 Å². The van der Waals surface area contributed by atoms with Crippen molar-refractivity contribution in [2.24, 2.45) is 11.8 Å². The van der Waals surface area contributed by atoms with Gasteiger partial charge in [-0.25, -0.2) is 4.79 Å². The molecule has 9 rings (SSSR count). The van der Waals surface area contributed by atoms with Gasteiger partial charge >= 0.3 is 17.9 Å². The highest BCUT2D eigenvalue weighted by molar-refractivity contribution is 5.95. The van der Waals surface area contributed by atoms with Gasteiger partial charge in [-0.05, 0) is 61.4 Å². The van der Waals surface area contributed by atoms with Crippen LogP contribution in [0.2, 0.25) is 0 Å². The topological polar surface area (TPSA) is 134 Å². The molecule has 5 aliphatic heterocycles. The van der Waals surface area contributed by atoms with Crippen LogP contribution in [0.25, 0.3) is 10.9 Å². The summed E-state index contributed by atoms with van der Waals surface area (Å²) >= 11 is 0. The Morgan fingerprint density at radius 2 is 1.77 bits per heavy atom. The Hall–Kier alpha value is -4.65. The molecule has 12 heteroatoms. The third-order valence-corrected chi connectivity index (χ3v) is 14.6. The number of benzene rings is 2. The molecule has 302 valence electrons. The summed E-state index contributed by atoms with van der Waals surface area (Å²) in [7, 11) is 6.23. The molecule has 0 radical (unpaired) electrons. The van der Waals surface area contributed by atoms with E-state index in [0.717, 1.165) is 58.5 Å². The first-order valence-electron chi connectivity index (χ1n) is 20.4. The lowest BCUT2D eigenvalue weighted by atomic mass is 9.52. The lowest BCUT2D eigenvalue weighted by Crippen LogP contribution is -2.78. The minimum Gasteiger partial charge on any atom is -0.496 e. The van der Waals surface area contributed by atoms with Crippen LogP contribution in [0.1, 0.15) is 68.8 Å². The van der Waals surface area contributed by atoms with Crippen LogP contribution in [0.5, 0.6) is 5.75 Å². The number of methoxy groups -OCH3 is 3. The molecule has 1 aromatic heterocycles. The number of para-hydroxylation sites is 1. The van der Waals surface area contributed by atoms with E-state index in [1.54, 1.807) is 7.11 Å². The molecule has 2 fully saturated rings. The molecule has 1 aliphatic carbocycles. The second-order valence-electron chi connectivity index (χ2n) is 17.1. The molecule has 9 atom stereocenters. The van der Waals surface area contributed by atoms with Gasteiger partial charge in [-0.1, -0.05) is 55.3 Å². The zero-order chi connectivity index (χ0) is 40.2. The van der Waals surface area contributed by atoms with Gasteiger partial charge in [0.2, 0.25) is 5.60 Å². The lowest BCUT2D eigenvalue weighted by molar-refractivity contribution is -0.212. The first-order valence-corrected chi connectivity index (χ1v) is 20.4. The molecular weight excluding hydrogens is 725 g/mol. The van der Waals surface area contributed by atoms with Crippen molar-refractivity contribution in [2.75, 3.05) is 59.5 Å². The quantitative estimate of drug-likeness (QED) is 0.196. The van der Waals surface area contributed by atoms with E-state index in [2.05, 4.69) is 59.0 Å². The number of aromatic amines is 1. The number of H-pyrrole nitrogens is 1. The zero-order valence-corrected chi connectivity index (χ0v) is 34.0. The summed E-state index contributed by atoms with van der Waals surface area (Å²) in [5, 5.41) is 14.3. The van der Waals surface area contributed by atoms with Gasteiger partial charge < -0.3 is 33.9 Å². The van der Waals surface area contributed by atoms with Crippen LogP contribution in [-0.2, 0) is 46.0 Å². The van der Waals surface area contributed by atoms with Crippen LogP contribution in [0.3, 0.4) is 0 Å². The highest BCUT2D eigenvalue weighted by atomic mass is 16.6. The van der Waals surface area contributed by atoms with Crippen molar-refractivity contribution in [3.8, 4) is 5.75 Å². The number of likely N-dealkylation sites (N-methyl/N-ethyl adjacent to an activating group) is 1. The number of hydrogen-bond donors (Lipinski definition) is 2. The van der Waals surface area contributed by atoms with Gasteiger partial charge in [-0.15, -0.1) is 0 Å². The minimum absolute atomic E-state index is 0.0319. The number of esters is 3. The van der Waals surface area contributed by atoms with Crippen molar-refractivity contribution in [2.45, 2.75) is 87.6 Å². The van der Waals surface area contributed by atoms with Crippen LogP contribution in [0.15, 0.2) is 59.7 Å². The molecule has 2 bridgehead atoms. The van der Waals surface area contributed by atoms with E-state index >= 15 is 4.79 Å². The molecule has 12 nitrogen and oxygen atoms in total. The fourth-order valence-electron chi connectivity index (χ4n) is 12.6. The van der Waals surface area contributed by atoms with Crippen molar-refractivity contribution >= 4 is 34.5 Å². The van der Waals surface area contributed by atoms with Gasteiger partial charge in [0.25, 0.3) is 0 Å². The maximum atomic E-state index is 15.2. The van der Waals surface area contributed by atoms with E-state index in [0.29, 0.717) is 50.2 Å². The molecule has 2 aromatic carbocycles. The Labute approximate surface area is 333 Å².